The minimum atomic E-state index is -0.545. The average Bonchev–Trinajstić information content (AvgIpc) is 3.17. The van der Waals surface area contributed by atoms with E-state index in [4.69, 9.17) is 11.6 Å². The highest BCUT2D eigenvalue weighted by atomic mass is 35.5. The number of thiophene rings is 1. The van der Waals surface area contributed by atoms with Crippen LogP contribution in [0.2, 0.25) is 5.02 Å². The summed E-state index contributed by atoms with van der Waals surface area (Å²) < 4.78 is 0. The third-order valence-electron chi connectivity index (χ3n) is 4.25. The molecule has 0 aliphatic rings. The van der Waals surface area contributed by atoms with E-state index < -0.39 is 4.92 Å². The number of nitrogens with two attached hydrogens (primary N) is 1. The normalized spacial score (nSPS) is 11.8. The Morgan fingerprint density at radius 1 is 1.25 bits per heavy atom. The Labute approximate surface area is 171 Å². The fourth-order valence-corrected chi connectivity index (χ4v) is 3.87. The van der Waals surface area contributed by atoms with E-state index in [0.29, 0.717) is 5.02 Å². The van der Waals surface area contributed by atoms with Gasteiger partial charge in [-0.2, -0.15) is 0 Å². The summed E-state index contributed by atoms with van der Waals surface area (Å²) in [5.41, 5.74) is 2.17. The van der Waals surface area contributed by atoms with E-state index in [0.717, 1.165) is 10.4 Å². The van der Waals surface area contributed by atoms with Gasteiger partial charge in [-0.15, -0.1) is 11.3 Å². The zero-order valence-corrected chi connectivity index (χ0v) is 16.7. The molecule has 0 fully saturated rings. The fraction of sp³-hybridized carbons (Fsp3) is 0.150. The Bertz CT molecular complexity index is 975. The standard InChI is InChI=1S/C20H18ClN3O3S/c1-13-4-6-14(7-5-13)20(18-3-2-10-28-18)22-12-19(25)23-16-11-15(21)8-9-17(16)24(26)27/h2-11,20,22H,12H2,1H3,(H,23,25)/p+1/t20-/m1/s1. The smallest absolute Gasteiger partial charge is 0.292 e. The second-order valence-corrected chi connectivity index (χ2v) is 7.73. The van der Waals surface area contributed by atoms with Crippen molar-refractivity contribution in [2.45, 2.75) is 13.0 Å². The number of rotatable bonds is 7. The number of hydrogen-bond acceptors (Lipinski definition) is 4. The van der Waals surface area contributed by atoms with Crippen molar-refractivity contribution in [2.75, 3.05) is 11.9 Å². The van der Waals surface area contributed by atoms with Gasteiger partial charge in [-0.1, -0.05) is 47.5 Å². The van der Waals surface area contributed by atoms with E-state index in [2.05, 4.69) is 17.4 Å². The molecule has 1 atom stereocenters. The van der Waals surface area contributed by atoms with Gasteiger partial charge in [-0.05, 0) is 30.5 Å². The number of benzene rings is 2. The Kier molecular flexibility index (Phi) is 6.41. The third kappa shape index (κ3) is 4.95. The van der Waals surface area contributed by atoms with Crippen molar-refractivity contribution in [3.05, 3.63) is 91.1 Å². The maximum Gasteiger partial charge on any atom is 0.292 e. The number of halogens is 1. The van der Waals surface area contributed by atoms with E-state index in [1.54, 1.807) is 11.3 Å². The van der Waals surface area contributed by atoms with Gasteiger partial charge in [0.15, 0.2) is 6.54 Å². The lowest BCUT2D eigenvalue weighted by atomic mass is 10.0. The zero-order chi connectivity index (χ0) is 20.1. The molecule has 0 saturated carbocycles. The van der Waals surface area contributed by atoms with Crippen LogP contribution < -0.4 is 10.6 Å². The molecule has 0 radical (unpaired) electrons. The van der Waals surface area contributed by atoms with Crippen LogP contribution in [0.3, 0.4) is 0 Å². The fourth-order valence-electron chi connectivity index (χ4n) is 2.85. The number of hydrogen-bond donors (Lipinski definition) is 2. The Hall–Kier alpha value is -2.74. The van der Waals surface area contributed by atoms with Gasteiger partial charge in [0.25, 0.3) is 11.6 Å². The molecule has 0 bridgehead atoms. The first-order chi connectivity index (χ1) is 13.4. The lowest BCUT2D eigenvalue weighted by molar-refractivity contribution is -0.675. The highest BCUT2D eigenvalue weighted by Crippen LogP contribution is 2.27. The van der Waals surface area contributed by atoms with Gasteiger partial charge >= 0.3 is 0 Å². The largest absolute Gasteiger partial charge is 0.328 e. The first kappa shape index (κ1) is 20.0. The van der Waals surface area contributed by atoms with Crippen LogP contribution in [0.5, 0.6) is 0 Å². The minimum Gasteiger partial charge on any atom is -0.328 e. The molecule has 1 aromatic heterocycles. The summed E-state index contributed by atoms with van der Waals surface area (Å²) in [6, 6.07) is 16.3. The topological polar surface area (TPSA) is 88.8 Å². The Morgan fingerprint density at radius 2 is 2.00 bits per heavy atom. The Balaban J connectivity index is 1.73. The van der Waals surface area contributed by atoms with E-state index in [1.807, 2.05) is 41.9 Å². The van der Waals surface area contributed by atoms with Crippen molar-refractivity contribution in [3.63, 3.8) is 0 Å². The van der Waals surface area contributed by atoms with Gasteiger partial charge in [0.1, 0.15) is 11.7 Å². The van der Waals surface area contributed by atoms with Gasteiger partial charge < -0.3 is 10.6 Å². The number of quaternary nitrogens is 1. The van der Waals surface area contributed by atoms with E-state index in [-0.39, 0.29) is 29.9 Å². The van der Waals surface area contributed by atoms with Crippen LogP contribution in [0, 0.1) is 17.0 Å². The molecule has 8 heteroatoms. The minimum absolute atomic E-state index is 0.0271. The second kappa shape index (κ2) is 8.97. The average molecular weight is 417 g/mol. The van der Waals surface area contributed by atoms with E-state index in [9.17, 15) is 14.9 Å². The van der Waals surface area contributed by atoms with Gasteiger partial charge in [-0.3, -0.25) is 14.9 Å². The maximum absolute atomic E-state index is 12.5. The summed E-state index contributed by atoms with van der Waals surface area (Å²) >= 11 is 7.54. The molecule has 0 unspecified atom stereocenters. The SMILES string of the molecule is Cc1ccc([C@@H]([NH2+]CC(=O)Nc2cc(Cl)ccc2[N+](=O)[O-])c2cccs2)cc1. The van der Waals surface area contributed by atoms with Crippen LogP contribution in [0.15, 0.2) is 60.0 Å². The van der Waals surface area contributed by atoms with Crippen molar-refractivity contribution in [1.29, 1.82) is 0 Å². The van der Waals surface area contributed by atoms with Crippen LogP contribution in [0.1, 0.15) is 22.0 Å². The molecule has 2 aromatic carbocycles. The molecule has 144 valence electrons. The highest BCUT2D eigenvalue weighted by molar-refractivity contribution is 7.10. The first-order valence-corrected chi connectivity index (χ1v) is 9.87. The van der Waals surface area contributed by atoms with Crippen LogP contribution in [0.4, 0.5) is 11.4 Å². The van der Waals surface area contributed by atoms with Crippen molar-refractivity contribution in [3.8, 4) is 0 Å². The number of nitrogens with one attached hydrogen (secondary N) is 1. The summed E-state index contributed by atoms with van der Waals surface area (Å²) in [7, 11) is 0. The third-order valence-corrected chi connectivity index (χ3v) is 5.45. The molecule has 28 heavy (non-hydrogen) atoms. The number of nitro groups is 1. The monoisotopic (exact) mass is 416 g/mol. The van der Waals surface area contributed by atoms with E-state index in [1.165, 1.54) is 23.8 Å². The first-order valence-electron chi connectivity index (χ1n) is 8.61. The van der Waals surface area contributed by atoms with Gasteiger partial charge in [-0.25, -0.2) is 0 Å². The number of amides is 1. The van der Waals surface area contributed by atoms with Crippen molar-refractivity contribution in [2.24, 2.45) is 0 Å². The lowest BCUT2D eigenvalue weighted by Crippen LogP contribution is -2.87. The molecule has 0 aliphatic heterocycles. The van der Waals surface area contributed by atoms with Gasteiger partial charge in [0.2, 0.25) is 0 Å². The molecule has 3 N–H and O–H groups in total. The van der Waals surface area contributed by atoms with Gasteiger partial charge in [0, 0.05) is 16.7 Å². The quantitative estimate of drug-likeness (QED) is 0.452. The number of aryl methyl sites for hydroxylation is 1. The van der Waals surface area contributed by atoms with Crippen molar-refractivity contribution < 1.29 is 15.0 Å². The van der Waals surface area contributed by atoms with Crippen LogP contribution >= 0.6 is 22.9 Å². The molecule has 0 aliphatic carbocycles. The molecule has 0 saturated heterocycles. The number of carbonyl (C=O) groups excluding carboxylic acids is 1. The molecular weight excluding hydrogens is 398 g/mol. The van der Waals surface area contributed by atoms with Crippen molar-refractivity contribution in [1.82, 2.24) is 0 Å². The highest BCUT2D eigenvalue weighted by Gasteiger charge is 2.22. The van der Waals surface area contributed by atoms with Crippen LogP contribution in [0.25, 0.3) is 0 Å². The molecule has 3 rings (SSSR count). The zero-order valence-electron chi connectivity index (χ0n) is 15.1. The summed E-state index contributed by atoms with van der Waals surface area (Å²) in [6.45, 7) is 2.14. The van der Waals surface area contributed by atoms with Crippen LogP contribution in [-0.2, 0) is 4.79 Å². The molecule has 1 amide bonds. The lowest BCUT2D eigenvalue weighted by Gasteiger charge is -2.15. The molecule has 6 nitrogen and oxygen atoms in total. The molecular formula is C20H19ClN3O3S+. The molecule has 0 spiro atoms. The van der Waals surface area contributed by atoms with Crippen molar-refractivity contribution >= 4 is 40.2 Å². The van der Waals surface area contributed by atoms with Crippen LogP contribution in [-0.4, -0.2) is 17.4 Å². The number of nitro benzene ring substituents is 1. The number of anilines is 1. The molecule has 3 aromatic rings. The van der Waals surface area contributed by atoms with E-state index >= 15 is 0 Å². The number of carbonyl (C=O) groups is 1. The predicted octanol–water partition coefficient (Wildman–Crippen LogP) is 3.91. The summed E-state index contributed by atoms with van der Waals surface area (Å²) in [5, 5.41) is 18.0. The summed E-state index contributed by atoms with van der Waals surface area (Å²) in [5.74, 6) is -0.334. The summed E-state index contributed by atoms with van der Waals surface area (Å²) in [4.78, 5) is 24.2. The van der Waals surface area contributed by atoms with Gasteiger partial charge in [0.05, 0.1) is 9.80 Å². The second-order valence-electron chi connectivity index (χ2n) is 6.31. The summed E-state index contributed by atoms with van der Waals surface area (Å²) in [6.07, 6.45) is 0. The number of nitrogens with zero attached hydrogens (tertiary/aromatic N) is 1. The molecule has 1 heterocycles. The maximum atomic E-state index is 12.5. The Morgan fingerprint density at radius 3 is 2.64 bits per heavy atom. The predicted molar refractivity (Wildman–Crippen MR) is 111 cm³/mol.